The standard InChI is InChI=1S/C15H11ClFNO4S/c1-18-13-3-2-12(7-14(13)22-15(18)19)23(20,21)8-9-4-10(16)6-11(17)5-9/h2-7H,8H2,1H3. The summed E-state index contributed by atoms with van der Waals surface area (Å²) in [4.78, 5) is 11.4. The molecule has 0 spiro atoms. The lowest BCUT2D eigenvalue weighted by atomic mass is 10.2. The number of sulfone groups is 1. The molecule has 0 aliphatic rings. The molecule has 0 aliphatic carbocycles. The first-order valence-electron chi connectivity index (χ1n) is 6.53. The maximum absolute atomic E-state index is 13.3. The Hall–Kier alpha value is -2.12. The van der Waals surface area contributed by atoms with Gasteiger partial charge in [0, 0.05) is 18.1 Å². The Morgan fingerprint density at radius 2 is 1.96 bits per heavy atom. The van der Waals surface area contributed by atoms with Crippen LogP contribution in [0, 0.1) is 5.82 Å². The van der Waals surface area contributed by atoms with Crippen LogP contribution in [-0.4, -0.2) is 13.0 Å². The molecule has 1 aromatic heterocycles. The van der Waals surface area contributed by atoms with Crippen molar-refractivity contribution < 1.29 is 17.2 Å². The highest BCUT2D eigenvalue weighted by Gasteiger charge is 2.18. The maximum atomic E-state index is 13.3. The van der Waals surface area contributed by atoms with Crippen molar-refractivity contribution in [3.05, 3.63) is 63.4 Å². The van der Waals surface area contributed by atoms with Crippen LogP contribution in [0.3, 0.4) is 0 Å². The highest BCUT2D eigenvalue weighted by molar-refractivity contribution is 7.90. The summed E-state index contributed by atoms with van der Waals surface area (Å²) < 4.78 is 44.5. The molecular weight excluding hydrogens is 345 g/mol. The number of benzene rings is 2. The summed E-state index contributed by atoms with van der Waals surface area (Å²) >= 11 is 5.74. The second-order valence-corrected chi connectivity index (χ2v) is 7.52. The molecule has 1 heterocycles. The van der Waals surface area contributed by atoms with E-state index in [2.05, 4.69) is 0 Å². The second-order valence-electron chi connectivity index (χ2n) is 5.09. The fourth-order valence-corrected chi connectivity index (χ4v) is 3.88. The van der Waals surface area contributed by atoms with Gasteiger partial charge in [-0.3, -0.25) is 4.57 Å². The number of aromatic nitrogens is 1. The normalized spacial score (nSPS) is 12.0. The van der Waals surface area contributed by atoms with Crippen LogP contribution in [0.1, 0.15) is 5.56 Å². The zero-order chi connectivity index (χ0) is 16.8. The van der Waals surface area contributed by atoms with E-state index in [1.54, 1.807) is 0 Å². The Bertz CT molecular complexity index is 1050. The number of rotatable bonds is 3. The van der Waals surface area contributed by atoms with Gasteiger partial charge in [-0.1, -0.05) is 11.6 Å². The molecule has 0 N–H and O–H groups in total. The first-order chi connectivity index (χ1) is 10.8. The number of halogens is 2. The van der Waals surface area contributed by atoms with Crippen molar-refractivity contribution in [3.63, 3.8) is 0 Å². The lowest BCUT2D eigenvalue weighted by molar-refractivity contribution is 0.527. The summed E-state index contributed by atoms with van der Waals surface area (Å²) in [6.45, 7) is 0. The summed E-state index contributed by atoms with van der Waals surface area (Å²) in [5, 5.41) is 0.125. The molecule has 0 saturated carbocycles. The third-order valence-electron chi connectivity index (χ3n) is 3.40. The predicted molar refractivity (Wildman–Crippen MR) is 83.8 cm³/mol. The first-order valence-corrected chi connectivity index (χ1v) is 8.56. The largest absolute Gasteiger partial charge is 0.419 e. The van der Waals surface area contributed by atoms with Crippen LogP contribution < -0.4 is 5.76 Å². The molecule has 0 unspecified atom stereocenters. The van der Waals surface area contributed by atoms with Crippen LogP contribution in [0.4, 0.5) is 4.39 Å². The van der Waals surface area contributed by atoms with Crippen molar-refractivity contribution in [2.24, 2.45) is 7.05 Å². The monoisotopic (exact) mass is 355 g/mol. The van der Waals surface area contributed by atoms with E-state index >= 15 is 0 Å². The second kappa shape index (κ2) is 5.50. The molecule has 0 atom stereocenters. The van der Waals surface area contributed by atoms with E-state index in [4.69, 9.17) is 16.0 Å². The lowest BCUT2D eigenvalue weighted by Crippen LogP contribution is -2.08. The van der Waals surface area contributed by atoms with Crippen LogP contribution in [0.2, 0.25) is 5.02 Å². The van der Waals surface area contributed by atoms with Gasteiger partial charge < -0.3 is 4.42 Å². The summed E-state index contributed by atoms with van der Waals surface area (Å²) in [6, 6.07) is 7.77. The third kappa shape index (κ3) is 3.02. The number of oxazole rings is 1. The molecule has 0 saturated heterocycles. The summed E-state index contributed by atoms with van der Waals surface area (Å²) in [7, 11) is -2.21. The van der Waals surface area contributed by atoms with Crippen LogP contribution in [0.15, 0.2) is 50.5 Å². The molecule has 0 aliphatic heterocycles. The number of fused-ring (bicyclic) bond motifs is 1. The molecule has 2 aromatic carbocycles. The average molecular weight is 356 g/mol. The van der Waals surface area contributed by atoms with Gasteiger partial charge in [0.15, 0.2) is 15.4 Å². The predicted octanol–water partition coefficient (Wildman–Crippen LogP) is 2.90. The molecule has 120 valence electrons. The van der Waals surface area contributed by atoms with E-state index < -0.39 is 27.2 Å². The minimum absolute atomic E-state index is 0.0141. The topological polar surface area (TPSA) is 69.3 Å². The Balaban J connectivity index is 2.03. The Kier molecular flexibility index (Phi) is 3.77. The van der Waals surface area contributed by atoms with Crippen molar-refractivity contribution in [2.75, 3.05) is 0 Å². The van der Waals surface area contributed by atoms with Crippen LogP contribution >= 0.6 is 11.6 Å². The SMILES string of the molecule is Cn1c(=O)oc2cc(S(=O)(=O)Cc3cc(F)cc(Cl)c3)ccc21. The van der Waals surface area contributed by atoms with E-state index in [9.17, 15) is 17.6 Å². The van der Waals surface area contributed by atoms with Crippen molar-refractivity contribution in [2.45, 2.75) is 10.6 Å². The maximum Gasteiger partial charge on any atom is 0.419 e. The number of aryl methyl sites for hydroxylation is 1. The highest BCUT2D eigenvalue weighted by atomic mass is 35.5. The van der Waals surface area contributed by atoms with Gasteiger partial charge >= 0.3 is 5.76 Å². The van der Waals surface area contributed by atoms with Crippen molar-refractivity contribution >= 4 is 32.5 Å². The number of nitrogens with zero attached hydrogens (tertiary/aromatic N) is 1. The van der Waals surface area contributed by atoms with Gasteiger partial charge in [-0.05, 0) is 35.9 Å². The number of hydrogen-bond donors (Lipinski definition) is 0. The molecule has 0 bridgehead atoms. The minimum Gasteiger partial charge on any atom is -0.408 e. The Labute approximate surface area is 135 Å². The molecule has 5 nitrogen and oxygen atoms in total. The third-order valence-corrected chi connectivity index (χ3v) is 5.31. The van der Waals surface area contributed by atoms with E-state index in [1.807, 2.05) is 0 Å². The van der Waals surface area contributed by atoms with Gasteiger partial charge in [0.1, 0.15) is 5.82 Å². The summed E-state index contributed by atoms with van der Waals surface area (Å²) in [6.07, 6.45) is 0. The summed E-state index contributed by atoms with van der Waals surface area (Å²) in [5.41, 5.74) is 0.906. The van der Waals surface area contributed by atoms with Gasteiger partial charge in [-0.15, -0.1) is 0 Å². The van der Waals surface area contributed by atoms with Gasteiger partial charge in [0.2, 0.25) is 0 Å². The Morgan fingerprint density at radius 3 is 2.65 bits per heavy atom. The molecule has 0 amide bonds. The zero-order valence-electron chi connectivity index (χ0n) is 11.9. The van der Waals surface area contributed by atoms with Crippen molar-refractivity contribution in [1.29, 1.82) is 0 Å². The van der Waals surface area contributed by atoms with Gasteiger partial charge in [0.05, 0.1) is 16.2 Å². The van der Waals surface area contributed by atoms with Crippen LogP contribution in [0.5, 0.6) is 0 Å². The lowest BCUT2D eigenvalue weighted by Gasteiger charge is -2.06. The molecule has 3 aromatic rings. The Morgan fingerprint density at radius 1 is 1.22 bits per heavy atom. The van der Waals surface area contributed by atoms with Crippen molar-refractivity contribution in [1.82, 2.24) is 4.57 Å². The van der Waals surface area contributed by atoms with E-state index in [-0.39, 0.29) is 21.1 Å². The number of hydrogen-bond acceptors (Lipinski definition) is 4. The average Bonchev–Trinajstić information content (AvgIpc) is 2.72. The molecule has 8 heteroatoms. The molecule has 3 rings (SSSR count). The van der Waals surface area contributed by atoms with E-state index in [1.165, 1.54) is 35.9 Å². The quantitative estimate of drug-likeness (QED) is 0.724. The molecular formula is C15H11ClFNO4S. The highest BCUT2D eigenvalue weighted by Crippen LogP contribution is 2.23. The zero-order valence-corrected chi connectivity index (χ0v) is 13.5. The molecule has 23 heavy (non-hydrogen) atoms. The van der Waals surface area contributed by atoms with Crippen molar-refractivity contribution in [3.8, 4) is 0 Å². The fraction of sp³-hybridized carbons (Fsp3) is 0.133. The van der Waals surface area contributed by atoms with Crippen LogP contribution in [0.25, 0.3) is 11.1 Å². The molecule has 0 fully saturated rings. The molecule has 0 radical (unpaired) electrons. The van der Waals surface area contributed by atoms with E-state index in [0.29, 0.717) is 5.52 Å². The summed E-state index contributed by atoms with van der Waals surface area (Å²) in [5.74, 6) is -1.59. The van der Waals surface area contributed by atoms with Crippen LogP contribution in [-0.2, 0) is 22.6 Å². The van der Waals surface area contributed by atoms with Gasteiger partial charge in [-0.25, -0.2) is 17.6 Å². The fourth-order valence-electron chi connectivity index (χ4n) is 2.30. The van der Waals surface area contributed by atoms with E-state index in [0.717, 1.165) is 12.1 Å². The van der Waals surface area contributed by atoms with Gasteiger partial charge in [0.25, 0.3) is 0 Å². The minimum atomic E-state index is -3.74. The van der Waals surface area contributed by atoms with Gasteiger partial charge in [-0.2, -0.15) is 0 Å². The smallest absolute Gasteiger partial charge is 0.408 e. The first kappa shape index (κ1) is 15.8.